The predicted molar refractivity (Wildman–Crippen MR) is 119 cm³/mol. The number of aromatic nitrogens is 3. The topological polar surface area (TPSA) is 89.6 Å². The molecule has 31 heavy (non-hydrogen) atoms. The zero-order chi connectivity index (χ0) is 22.3. The van der Waals surface area contributed by atoms with E-state index in [2.05, 4.69) is 24.2 Å². The van der Waals surface area contributed by atoms with Crippen LogP contribution >= 0.6 is 11.6 Å². The van der Waals surface area contributed by atoms with Crippen LogP contribution in [0.2, 0.25) is 0 Å². The van der Waals surface area contributed by atoms with Crippen molar-refractivity contribution in [2.24, 2.45) is 0 Å². The highest BCUT2D eigenvalue weighted by atomic mass is 35.5. The van der Waals surface area contributed by atoms with Gasteiger partial charge in [0.1, 0.15) is 36.9 Å². The lowest BCUT2D eigenvalue weighted by molar-refractivity contribution is 0.0888. The standard InChI is InChI=1S/C23H28ClN3O4/c1-23(2,17-3-7-21(8-4-17)30-15-19(28)13-24)18-5-9-22(10-6-18)31-16-20(29)14-27-12-11-25-26-27/h3-12,19-20,28-29H,13-16H2,1-2H3/t19-,20+/m1/s1. The van der Waals surface area contributed by atoms with Gasteiger partial charge in [-0.2, -0.15) is 0 Å². The molecule has 0 fully saturated rings. The van der Waals surface area contributed by atoms with Gasteiger partial charge >= 0.3 is 0 Å². The average molecular weight is 446 g/mol. The summed E-state index contributed by atoms with van der Waals surface area (Å²) in [5.41, 5.74) is 2.04. The van der Waals surface area contributed by atoms with E-state index in [1.165, 1.54) is 0 Å². The molecule has 0 aliphatic rings. The number of halogens is 1. The van der Waals surface area contributed by atoms with Crippen LogP contribution in [0.5, 0.6) is 11.5 Å². The van der Waals surface area contributed by atoms with E-state index in [1.54, 1.807) is 17.1 Å². The van der Waals surface area contributed by atoms with Crippen LogP contribution in [0.3, 0.4) is 0 Å². The molecule has 0 radical (unpaired) electrons. The van der Waals surface area contributed by atoms with Gasteiger partial charge in [0, 0.05) is 11.6 Å². The van der Waals surface area contributed by atoms with Crippen molar-refractivity contribution < 1.29 is 19.7 Å². The minimum absolute atomic E-state index is 0.144. The van der Waals surface area contributed by atoms with Gasteiger partial charge in [0.2, 0.25) is 0 Å². The fraction of sp³-hybridized carbons (Fsp3) is 0.391. The number of ether oxygens (including phenoxy) is 2. The van der Waals surface area contributed by atoms with E-state index in [4.69, 9.17) is 21.1 Å². The smallest absolute Gasteiger partial charge is 0.119 e. The highest BCUT2D eigenvalue weighted by Gasteiger charge is 2.23. The Balaban J connectivity index is 1.57. The summed E-state index contributed by atoms with van der Waals surface area (Å²) in [6.45, 7) is 4.97. The Morgan fingerprint density at radius 3 is 1.87 bits per heavy atom. The number of nitrogens with zero attached hydrogens (tertiary/aromatic N) is 3. The number of benzene rings is 2. The van der Waals surface area contributed by atoms with Gasteiger partial charge in [-0.15, -0.1) is 16.7 Å². The van der Waals surface area contributed by atoms with Gasteiger partial charge in [-0.05, 0) is 35.4 Å². The molecule has 2 aromatic carbocycles. The molecule has 7 nitrogen and oxygen atoms in total. The average Bonchev–Trinajstić information content (AvgIpc) is 3.29. The molecule has 166 valence electrons. The molecule has 0 bridgehead atoms. The van der Waals surface area contributed by atoms with Crippen LogP contribution in [0.15, 0.2) is 60.9 Å². The SMILES string of the molecule is CC(C)(c1ccc(OC[C@H](O)CCl)cc1)c1ccc(OC[C@@H](O)Cn2ccnn2)cc1. The molecule has 0 saturated heterocycles. The molecule has 0 aliphatic heterocycles. The van der Waals surface area contributed by atoms with Crippen LogP contribution in [0.25, 0.3) is 0 Å². The van der Waals surface area contributed by atoms with Crippen LogP contribution in [-0.4, -0.2) is 56.5 Å². The van der Waals surface area contributed by atoms with Crippen molar-refractivity contribution in [1.82, 2.24) is 15.0 Å². The molecule has 0 unspecified atom stereocenters. The van der Waals surface area contributed by atoms with E-state index in [1.807, 2.05) is 48.5 Å². The summed E-state index contributed by atoms with van der Waals surface area (Å²) in [7, 11) is 0. The lowest BCUT2D eigenvalue weighted by Crippen LogP contribution is -2.24. The van der Waals surface area contributed by atoms with Crippen molar-refractivity contribution >= 4 is 11.6 Å². The Kier molecular flexibility index (Phi) is 7.90. The van der Waals surface area contributed by atoms with Crippen LogP contribution < -0.4 is 9.47 Å². The minimum Gasteiger partial charge on any atom is -0.491 e. The van der Waals surface area contributed by atoms with Crippen molar-refractivity contribution in [3.8, 4) is 11.5 Å². The van der Waals surface area contributed by atoms with E-state index < -0.39 is 12.2 Å². The van der Waals surface area contributed by atoms with E-state index >= 15 is 0 Å². The molecule has 8 heteroatoms. The van der Waals surface area contributed by atoms with E-state index in [-0.39, 0.29) is 24.5 Å². The molecule has 0 saturated carbocycles. The third kappa shape index (κ3) is 6.43. The fourth-order valence-corrected chi connectivity index (χ4v) is 3.22. The Bertz CT molecular complexity index is 915. The summed E-state index contributed by atoms with van der Waals surface area (Å²) < 4.78 is 12.8. The Morgan fingerprint density at radius 2 is 1.42 bits per heavy atom. The molecule has 1 aromatic heterocycles. The highest BCUT2D eigenvalue weighted by Crippen LogP contribution is 2.33. The van der Waals surface area contributed by atoms with Crippen LogP contribution in [0.4, 0.5) is 0 Å². The second-order valence-corrected chi connectivity index (χ2v) is 8.19. The van der Waals surface area contributed by atoms with Gasteiger partial charge in [0.05, 0.1) is 18.6 Å². The molecular weight excluding hydrogens is 418 g/mol. The quantitative estimate of drug-likeness (QED) is 0.441. The predicted octanol–water partition coefficient (Wildman–Crippen LogP) is 3.02. The lowest BCUT2D eigenvalue weighted by atomic mass is 9.78. The minimum atomic E-state index is -0.679. The summed E-state index contributed by atoms with van der Waals surface area (Å²) in [4.78, 5) is 0. The van der Waals surface area contributed by atoms with Crippen molar-refractivity contribution in [3.63, 3.8) is 0 Å². The Morgan fingerprint density at radius 1 is 0.903 bits per heavy atom. The van der Waals surface area contributed by atoms with Crippen molar-refractivity contribution in [2.75, 3.05) is 19.1 Å². The Labute approximate surface area is 187 Å². The van der Waals surface area contributed by atoms with Crippen LogP contribution in [0.1, 0.15) is 25.0 Å². The first-order chi connectivity index (χ1) is 14.9. The first kappa shape index (κ1) is 23.1. The first-order valence-corrected chi connectivity index (χ1v) is 10.6. The molecule has 3 aromatic rings. The van der Waals surface area contributed by atoms with Gasteiger partial charge in [-0.25, -0.2) is 4.68 Å². The zero-order valence-electron chi connectivity index (χ0n) is 17.7. The van der Waals surface area contributed by atoms with Gasteiger partial charge in [-0.1, -0.05) is 43.3 Å². The van der Waals surface area contributed by atoms with Gasteiger partial charge in [0.25, 0.3) is 0 Å². The summed E-state index contributed by atoms with van der Waals surface area (Å²) in [5, 5.41) is 27.1. The van der Waals surface area contributed by atoms with E-state index in [0.717, 1.165) is 11.1 Å². The van der Waals surface area contributed by atoms with Gasteiger partial charge < -0.3 is 19.7 Å². The molecule has 2 atom stereocenters. The number of hydrogen-bond donors (Lipinski definition) is 2. The van der Waals surface area contributed by atoms with Crippen molar-refractivity contribution in [3.05, 3.63) is 72.1 Å². The second-order valence-electron chi connectivity index (χ2n) is 7.88. The molecular formula is C23H28ClN3O4. The molecule has 2 N–H and O–H groups in total. The third-order valence-corrected chi connectivity index (χ3v) is 5.44. The molecule has 0 aliphatic carbocycles. The summed E-state index contributed by atoms with van der Waals surface area (Å²) in [5.74, 6) is 1.53. The van der Waals surface area contributed by atoms with Crippen LogP contribution in [-0.2, 0) is 12.0 Å². The lowest BCUT2D eigenvalue weighted by Gasteiger charge is -2.26. The monoisotopic (exact) mass is 445 g/mol. The fourth-order valence-electron chi connectivity index (χ4n) is 3.13. The number of aliphatic hydroxyl groups is 2. The molecule has 0 spiro atoms. The summed E-state index contributed by atoms with van der Waals surface area (Å²) >= 11 is 5.59. The maximum Gasteiger partial charge on any atom is 0.119 e. The van der Waals surface area contributed by atoms with Gasteiger partial charge in [-0.3, -0.25) is 0 Å². The maximum absolute atomic E-state index is 10.1. The largest absolute Gasteiger partial charge is 0.491 e. The van der Waals surface area contributed by atoms with E-state index in [0.29, 0.717) is 18.0 Å². The third-order valence-electron chi connectivity index (χ3n) is 5.08. The highest BCUT2D eigenvalue weighted by molar-refractivity contribution is 6.18. The van der Waals surface area contributed by atoms with Gasteiger partial charge in [0.15, 0.2) is 0 Å². The Hall–Kier alpha value is -2.61. The number of rotatable bonds is 11. The second kappa shape index (κ2) is 10.6. The molecule has 3 rings (SSSR count). The maximum atomic E-state index is 10.1. The zero-order valence-corrected chi connectivity index (χ0v) is 18.4. The molecule has 0 amide bonds. The number of alkyl halides is 1. The van der Waals surface area contributed by atoms with Crippen molar-refractivity contribution in [2.45, 2.75) is 38.0 Å². The van der Waals surface area contributed by atoms with Crippen LogP contribution in [0, 0.1) is 0 Å². The summed E-state index contributed by atoms with van der Waals surface area (Å²) in [6, 6.07) is 15.7. The number of hydrogen-bond acceptors (Lipinski definition) is 6. The molecule has 1 heterocycles. The normalized spacial score (nSPS) is 13.6. The number of aliphatic hydroxyl groups excluding tert-OH is 2. The van der Waals surface area contributed by atoms with Crippen molar-refractivity contribution in [1.29, 1.82) is 0 Å². The summed E-state index contributed by atoms with van der Waals surface area (Å²) in [6.07, 6.45) is 1.91. The van der Waals surface area contributed by atoms with E-state index in [9.17, 15) is 10.2 Å². The first-order valence-electron chi connectivity index (χ1n) is 10.1.